The molecule has 102 valence electrons. The first-order valence-corrected chi connectivity index (χ1v) is 6.44. The normalized spacial score (nSPS) is 19.3. The summed E-state index contributed by atoms with van der Waals surface area (Å²) in [5, 5.41) is 9.21. The van der Waals surface area contributed by atoms with Gasteiger partial charge in [0.2, 0.25) is 0 Å². The van der Waals surface area contributed by atoms with E-state index in [1.165, 1.54) is 30.0 Å². The van der Waals surface area contributed by atoms with Crippen LogP contribution in [0.4, 0.5) is 13.2 Å². The Kier molecular flexibility index (Phi) is 3.84. The minimum absolute atomic E-state index is 0.0180. The highest BCUT2D eigenvalue weighted by atomic mass is 32.2. The molecule has 1 aliphatic rings. The molecule has 0 fully saturated rings. The largest absolute Gasteiger partial charge is 0.480 e. The Morgan fingerprint density at radius 2 is 2.11 bits per heavy atom. The van der Waals surface area contributed by atoms with Crippen molar-refractivity contribution < 1.29 is 23.1 Å². The molecular formula is C12H10F3NO2S. The van der Waals surface area contributed by atoms with E-state index in [0.29, 0.717) is 5.04 Å². The van der Waals surface area contributed by atoms with E-state index in [1.807, 2.05) is 0 Å². The number of thioether (sulfide) groups is 1. The summed E-state index contributed by atoms with van der Waals surface area (Å²) < 4.78 is 38.4. The lowest BCUT2D eigenvalue weighted by Crippen LogP contribution is -2.17. The number of hydrogen-bond donors (Lipinski definition) is 1. The molecule has 0 saturated heterocycles. The van der Waals surface area contributed by atoms with E-state index in [4.69, 9.17) is 5.11 Å². The lowest BCUT2D eigenvalue weighted by Gasteiger charge is -2.12. The lowest BCUT2D eigenvalue weighted by atomic mass is 10.0. The average Bonchev–Trinajstić information content (AvgIpc) is 2.77. The van der Waals surface area contributed by atoms with Crippen molar-refractivity contribution in [2.24, 2.45) is 4.99 Å². The third-order valence-electron chi connectivity index (χ3n) is 2.66. The van der Waals surface area contributed by atoms with Crippen LogP contribution < -0.4 is 0 Å². The summed E-state index contributed by atoms with van der Waals surface area (Å²) in [6.07, 6.45) is -4.39. The number of alkyl halides is 3. The number of rotatable bonds is 3. The Morgan fingerprint density at radius 3 is 2.68 bits per heavy atom. The van der Waals surface area contributed by atoms with Gasteiger partial charge in [0, 0.05) is 12.2 Å². The van der Waals surface area contributed by atoms with E-state index >= 15 is 0 Å². The Balaban J connectivity index is 2.21. The number of carboxylic acid groups (broad SMARTS) is 1. The zero-order valence-electron chi connectivity index (χ0n) is 9.65. The second-order valence-electron chi connectivity index (χ2n) is 4.02. The summed E-state index contributed by atoms with van der Waals surface area (Å²) in [6, 6.07) is 4.41. The number of carbonyl (C=O) groups is 1. The molecule has 1 aliphatic heterocycles. The summed E-state index contributed by atoms with van der Waals surface area (Å²) in [6.45, 7) is 0. The molecule has 0 unspecified atom stereocenters. The molecule has 0 radical (unpaired) electrons. The molecule has 1 N–H and O–H groups in total. The second kappa shape index (κ2) is 5.24. The molecule has 0 bridgehead atoms. The van der Waals surface area contributed by atoms with Crippen LogP contribution in [-0.2, 0) is 17.4 Å². The van der Waals surface area contributed by atoms with Gasteiger partial charge in [-0.1, -0.05) is 18.2 Å². The molecule has 3 nitrogen and oxygen atoms in total. The zero-order valence-corrected chi connectivity index (χ0v) is 10.5. The van der Waals surface area contributed by atoms with Crippen molar-refractivity contribution in [2.45, 2.75) is 18.6 Å². The van der Waals surface area contributed by atoms with Gasteiger partial charge in [-0.15, -0.1) is 11.8 Å². The van der Waals surface area contributed by atoms with Crippen molar-refractivity contribution in [3.05, 3.63) is 35.4 Å². The third kappa shape index (κ3) is 3.28. The van der Waals surface area contributed by atoms with Gasteiger partial charge in [-0.05, 0) is 11.6 Å². The summed E-state index contributed by atoms with van der Waals surface area (Å²) in [5.41, 5.74) is -0.579. The van der Waals surface area contributed by atoms with Gasteiger partial charge >= 0.3 is 12.1 Å². The number of halogens is 3. The Bertz CT molecular complexity index is 528. The zero-order chi connectivity index (χ0) is 14.0. The molecule has 1 atom stereocenters. The fourth-order valence-corrected chi connectivity index (χ4v) is 2.79. The second-order valence-corrected chi connectivity index (χ2v) is 5.11. The van der Waals surface area contributed by atoms with Gasteiger partial charge < -0.3 is 5.11 Å². The number of nitrogens with zero attached hydrogens (tertiary/aromatic N) is 1. The maximum absolute atomic E-state index is 12.8. The standard InChI is InChI=1S/C12H10F3NO2S/c13-12(14,15)8-4-2-1-3-7(8)5-10-16-9(6-19-10)11(17)18/h1-4,9H,5-6H2,(H,17,18)/t9-/m0/s1. The van der Waals surface area contributed by atoms with Crippen molar-refractivity contribution in [3.8, 4) is 0 Å². The molecule has 0 saturated carbocycles. The third-order valence-corrected chi connectivity index (χ3v) is 3.72. The predicted octanol–water partition coefficient (Wildman–Crippen LogP) is 2.85. The van der Waals surface area contributed by atoms with E-state index < -0.39 is 23.8 Å². The fourth-order valence-electron chi connectivity index (χ4n) is 1.76. The van der Waals surface area contributed by atoms with E-state index in [0.717, 1.165) is 6.07 Å². The smallest absolute Gasteiger partial charge is 0.416 e. The van der Waals surface area contributed by atoms with Crippen LogP contribution in [0.1, 0.15) is 11.1 Å². The molecule has 19 heavy (non-hydrogen) atoms. The van der Waals surface area contributed by atoms with Crippen molar-refractivity contribution >= 4 is 22.8 Å². The van der Waals surface area contributed by atoms with Crippen LogP contribution in [0.25, 0.3) is 0 Å². The van der Waals surface area contributed by atoms with Crippen molar-refractivity contribution in [1.82, 2.24) is 0 Å². The molecule has 1 heterocycles. The first-order valence-electron chi connectivity index (χ1n) is 5.45. The topological polar surface area (TPSA) is 49.7 Å². The van der Waals surface area contributed by atoms with Gasteiger partial charge in [-0.3, -0.25) is 4.99 Å². The summed E-state index contributed by atoms with van der Waals surface area (Å²) >= 11 is 1.19. The molecular weight excluding hydrogens is 279 g/mol. The van der Waals surface area contributed by atoms with E-state index in [-0.39, 0.29) is 17.7 Å². The highest BCUT2D eigenvalue weighted by Gasteiger charge is 2.33. The Labute approximate surface area is 111 Å². The number of benzene rings is 1. The molecule has 7 heteroatoms. The van der Waals surface area contributed by atoms with Crippen LogP contribution in [-0.4, -0.2) is 27.9 Å². The predicted molar refractivity (Wildman–Crippen MR) is 66.5 cm³/mol. The van der Waals surface area contributed by atoms with Gasteiger partial charge in [0.1, 0.15) is 0 Å². The molecule has 0 amide bonds. The number of aliphatic imine (C=N–C) groups is 1. The van der Waals surface area contributed by atoms with Crippen molar-refractivity contribution in [3.63, 3.8) is 0 Å². The fraction of sp³-hybridized carbons (Fsp3) is 0.333. The van der Waals surface area contributed by atoms with Crippen molar-refractivity contribution in [2.75, 3.05) is 5.75 Å². The SMILES string of the molecule is O=C(O)[C@@H]1CSC(Cc2ccccc2C(F)(F)F)=N1. The molecule has 1 aromatic rings. The maximum Gasteiger partial charge on any atom is 0.416 e. The van der Waals surface area contributed by atoms with Gasteiger partial charge in [0.15, 0.2) is 6.04 Å². The molecule has 1 aromatic carbocycles. The van der Waals surface area contributed by atoms with Crippen LogP contribution in [0.15, 0.2) is 29.3 Å². The van der Waals surface area contributed by atoms with Crippen molar-refractivity contribution in [1.29, 1.82) is 0 Å². The Hall–Kier alpha value is -1.50. The van der Waals surface area contributed by atoms with Crippen LogP contribution in [0.3, 0.4) is 0 Å². The highest BCUT2D eigenvalue weighted by Crippen LogP contribution is 2.33. The van der Waals surface area contributed by atoms with Crippen LogP contribution in [0.5, 0.6) is 0 Å². The van der Waals surface area contributed by atoms with Crippen LogP contribution in [0.2, 0.25) is 0 Å². The highest BCUT2D eigenvalue weighted by molar-refractivity contribution is 8.14. The van der Waals surface area contributed by atoms with Gasteiger partial charge in [-0.2, -0.15) is 13.2 Å². The van der Waals surface area contributed by atoms with Gasteiger partial charge in [0.25, 0.3) is 0 Å². The van der Waals surface area contributed by atoms with Gasteiger partial charge in [-0.25, -0.2) is 4.79 Å². The van der Waals surface area contributed by atoms with Gasteiger partial charge in [0.05, 0.1) is 10.6 Å². The molecule has 2 rings (SSSR count). The number of carboxylic acids is 1. The minimum atomic E-state index is -4.41. The first kappa shape index (κ1) is 13.9. The Morgan fingerprint density at radius 1 is 1.42 bits per heavy atom. The molecule has 0 aliphatic carbocycles. The summed E-state index contributed by atoms with van der Waals surface area (Å²) in [4.78, 5) is 14.6. The molecule has 0 aromatic heterocycles. The van der Waals surface area contributed by atoms with Crippen LogP contribution >= 0.6 is 11.8 Å². The maximum atomic E-state index is 12.8. The monoisotopic (exact) mass is 289 g/mol. The van der Waals surface area contributed by atoms with Crippen LogP contribution in [0, 0.1) is 0 Å². The van der Waals surface area contributed by atoms with E-state index in [2.05, 4.69) is 4.99 Å². The summed E-state index contributed by atoms with van der Waals surface area (Å²) in [5.74, 6) is -0.773. The van der Waals surface area contributed by atoms with E-state index in [9.17, 15) is 18.0 Å². The quantitative estimate of drug-likeness (QED) is 0.931. The summed E-state index contributed by atoms with van der Waals surface area (Å²) in [7, 11) is 0. The number of hydrogen-bond acceptors (Lipinski definition) is 3. The average molecular weight is 289 g/mol. The first-order chi connectivity index (χ1) is 8.88. The minimum Gasteiger partial charge on any atom is -0.480 e. The number of aliphatic carboxylic acids is 1. The van der Waals surface area contributed by atoms with E-state index in [1.54, 1.807) is 0 Å². The lowest BCUT2D eigenvalue weighted by molar-refractivity contribution is -0.138. The molecule has 0 spiro atoms.